The Morgan fingerprint density at radius 3 is 2.57 bits per heavy atom. The second-order valence-electron chi connectivity index (χ2n) is 6.27. The molecule has 0 aromatic heterocycles. The topological polar surface area (TPSA) is 104 Å². The molecule has 2 aliphatic heterocycles. The van der Waals surface area contributed by atoms with Crippen molar-refractivity contribution in [3.63, 3.8) is 0 Å². The highest BCUT2D eigenvalue weighted by atomic mass is 16.6. The van der Waals surface area contributed by atoms with Crippen molar-refractivity contribution in [2.75, 3.05) is 13.2 Å². The largest absolute Gasteiger partial charge is 0.454 e. The van der Waals surface area contributed by atoms with Gasteiger partial charge in [0.25, 0.3) is 6.02 Å². The first-order valence-electron chi connectivity index (χ1n) is 8.77. The summed E-state index contributed by atoms with van der Waals surface area (Å²) < 4.78 is 11.2. The monoisotopic (exact) mass is 330 g/mol. The van der Waals surface area contributed by atoms with E-state index in [0.29, 0.717) is 12.6 Å². The molecule has 0 aliphatic carbocycles. The average Bonchev–Trinajstić information content (AvgIpc) is 2.95. The summed E-state index contributed by atoms with van der Waals surface area (Å²) in [6.07, 6.45) is 3.54. The maximum Gasteiger partial charge on any atom is 0.287 e. The highest BCUT2D eigenvalue weighted by molar-refractivity contribution is 5.76. The number of rotatable bonds is 9. The van der Waals surface area contributed by atoms with Gasteiger partial charge in [0.05, 0.1) is 6.10 Å². The smallest absolute Gasteiger partial charge is 0.287 e. The zero-order valence-electron chi connectivity index (χ0n) is 13.9. The number of aliphatic hydroxyl groups is 3. The average molecular weight is 330 g/mol. The zero-order valence-corrected chi connectivity index (χ0v) is 13.9. The summed E-state index contributed by atoms with van der Waals surface area (Å²) in [4.78, 5) is 4.36. The van der Waals surface area contributed by atoms with Crippen molar-refractivity contribution in [2.45, 2.75) is 82.5 Å². The maximum absolute atomic E-state index is 10.1. The number of ether oxygens (including phenoxy) is 2. The molecule has 0 unspecified atom stereocenters. The number of hydrogen-bond donors (Lipinski definition) is 4. The Bertz CT molecular complexity index is 379. The van der Waals surface area contributed by atoms with Crippen LogP contribution in [0.25, 0.3) is 0 Å². The van der Waals surface area contributed by atoms with Crippen LogP contribution in [0.4, 0.5) is 0 Å². The Morgan fingerprint density at radius 2 is 1.83 bits per heavy atom. The van der Waals surface area contributed by atoms with Gasteiger partial charge in [-0.2, -0.15) is 0 Å². The molecule has 7 heteroatoms. The predicted molar refractivity (Wildman–Crippen MR) is 86.1 cm³/mol. The molecule has 2 saturated heterocycles. The number of hydrogen-bond acceptors (Lipinski definition) is 6. The van der Waals surface area contributed by atoms with Crippen LogP contribution in [-0.2, 0) is 9.47 Å². The number of unbranched alkanes of at least 4 members (excludes halogenated alkanes) is 5. The van der Waals surface area contributed by atoms with E-state index in [1.807, 2.05) is 0 Å². The first-order valence-corrected chi connectivity index (χ1v) is 8.77. The van der Waals surface area contributed by atoms with Crippen molar-refractivity contribution in [2.24, 2.45) is 4.99 Å². The third-order valence-corrected chi connectivity index (χ3v) is 4.38. The number of aliphatic imine (C=N–C) groups is 1. The molecule has 0 aromatic carbocycles. The Hall–Kier alpha value is -0.890. The normalized spacial score (nSPS) is 35.0. The molecule has 7 nitrogen and oxygen atoms in total. The van der Waals surface area contributed by atoms with Gasteiger partial charge in [0.15, 0.2) is 12.3 Å². The molecule has 2 heterocycles. The molecule has 5 atom stereocenters. The maximum atomic E-state index is 10.1. The van der Waals surface area contributed by atoms with Gasteiger partial charge in [0.2, 0.25) is 0 Å². The highest BCUT2D eigenvalue weighted by Crippen LogP contribution is 2.27. The van der Waals surface area contributed by atoms with Crippen molar-refractivity contribution in [1.82, 2.24) is 5.32 Å². The molecule has 0 spiro atoms. The molecule has 134 valence electrons. The summed E-state index contributed by atoms with van der Waals surface area (Å²) in [5.74, 6) is 0. The van der Waals surface area contributed by atoms with E-state index >= 15 is 0 Å². The van der Waals surface area contributed by atoms with E-state index in [-0.39, 0.29) is 13.0 Å². The van der Waals surface area contributed by atoms with Gasteiger partial charge in [0.1, 0.15) is 12.2 Å². The van der Waals surface area contributed by atoms with Gasteiger partial charge < -0.3 is 30.1 Å². The van der Waals surface area contributed by atoms with Crippen molar-refractivity contribution in [3.8, 4) is 0 Å². The lowest BCUT2D eigenvalue weighted by Crippen LogP contribution is -2.58. The Labute approximate surface area is 137 Å². The summed E-state index contributed by atoms with van der Waals surface area (Å²) in [6, 6.07) is 0.365. The Balaban J connectivity index is 1.75. The zero-order chi connectivity index (χ0) is 16.7. The van der Waals surface area contributed by atoms with Gasteiger partial charge >= 0.3 is 0 Å². The molecule has 0 aromatic rings. The van der Waals surface area contributed by atoms with Gasteiger partial charge in [-0.15, -0.1) is 0 Å². The minimum absolute atomic E-state index is 0.105. The van der Waals surface area contributed by atoms with Crippen LogP contribution in [0.5, 0.6) is 0 Å². The van der Waals surface area contributed by atoms with Crippen molar-refractivity contribution in [3.05, 3.63) is 0 Å². The molecular formula is C16H30N2O5. The standard InChI is InChI=1S/C16H30N2O5/c1-2-3-4-5-6-7-9-17-16-18-15-14(23-16)13(21)12(20)11(22-15)8-10-19/h11-15,19-21H,2-10H2,1H3,(H,17,18)/t11-,12-,13+,14-,15-/m1/s1. The Morgan fingerprint density at radius 1 is 1.09 bits per heavy atom. The second-order valence-corrected chi connectivity index (χ2v) is 6.27. The molecule has 4 N–H and O–H groups in total. The van der Waals surface area contributed by atoms with Gasteiger partial charge in [-0.25, -0.2) is 4.99 Å². The van der Waals surface area contributed by atoms with Crippen molar-refractivity contribution < 1.29 is 24.8 Å². The number of nitrogens with one attached hydrogen (secondary N) is 1. The molecule has 23 heavy (non-hydrogen) atoms. The summed E-state index contributed by atoms with van der Waals surface area (Å²) >= 11 is 0. The fourth-order valence-electron chi connectivity index (χ4n) is 2.99. The first kappa shape index (κ1) is 18.4. The van der Waals surface area contributed by atoms with Crippen molar-refractivity contribution >= 4 is 6.02 Å². The molecular weight excluding hydrogens is 300 g/mol. The lowest BCUT2D eigenvalue weighted by atomic mass is 9.97. The van der Waals surface area contributed by atoms with Crippen LogP contribution in [0, 0.1) is 0 Å². The fraction of sp³-hybridized carbons (Fsp3) is 0.938. The van der Waals surface area contributed by atoms with Gasteiger partial charge in [0, 0.05) is 13.2 Å². The SMILES string of the molecule is CCCCCCCCN=C1N[C@@H]2O[C@H](CCO)[C@@H](O)[C@H](O)[C@H]2O1. The van der Waals surface area contributed by atoms with E-state index < -0.39 is 30.6 Å². The molecule has 0 radical (unpaired) electrons. The minimum Gasteiger partial charge on any atom is -0.454 e. The molecule has 0 saturated carbocycles. The number of nitrogens with zero attached hydrogens (tertiary/aromatic N) is 1. The quantitative estimate of drug-likeness (QED) is 0.460. The van der Waals surface area contributed by atoms with E-state index in [1.165, 1.54) is 25.7 Å². The number of fused-ring (bicyclic) bond motifs is 1. The second kappa shape index (κ2) is 9.42. The fourth-order valence-corrected chi connectivity index (χ4v) is 2.99. The van der Waals surface area contributed by atoms with Crippen LogP contribution in [0.3, 0.4) is 0 Å². The third-order valence-electron chi connectivity index (χ3n) is 4.38. The van der Waals surface area contributed by atoms with Crippen LogP contribution < -0.4 is 5.32 Å². The van der Waals surface area contributed by atoms with Gasteiger partial charge in [-0.1, -0.05) is 39.0 Å². The summed E-state index contributed by atoms with van der Waals surface area (Å²) in [5, 5.41) is 32.1. The molecule has 0 amide bonds. The molecule has 2 aliphatic rings. The Kier molecular flexibility index (Phi) is 7.55. The first-order chi connectivity index (χ1) is 11.2. The van der Waals surface area contributed by atoms with E-state index in [4.69, 9.17) is 14.6 Å². The molecule has 0 bridgehead atoms. The van der Waals surface area contributed by atoms with E-state index in [0.717, 1.165) is 12.8 Å². The number of aliphatic hydroxyl groups excluding tert-OH is 3. The molecule has 2 fully saturated rings. The van der Waals surface area contributed by atoms with E-state index in [9.17, 15) is 10.2 Å². The third kappa shape index (κ3) is 5.04. The lowest BCUT2D eigenvalue weighted by Gasteiger charge is -2.37. The summed E-state index contributed by atoms with van der Waals surface area (Å²) in [7, 11) is 0. The van der Waals surface area contributed by atoms with Gasteiger partial charge in [-0.05, 0) is 12.8 Å². The van der Waals surface area contributed by atoms with E-state index in [1.54, 1.807) is 0 Å². The van der Waals surface area contributed by atoms with Crippen LogP contribution in [0.1, 0.15) is 51.9 Å². The highest BCUT2D eigenvalue weighted by Gasteiger charge is 2.49. The van der Waals surface area contributed by atoms with Crippen LogP contribution >= 0.6 is 0 Å². The van der Waals surface area contributed by atoms with Crippen molar-refractivity contribution in [1.29, 1.82) is 0 Å². The predicted octanol–water partition coefficient (Wildman–Crippen LogP) is 0.520. The van der Waals surface area contributed by atoms with Gasteiger partial charge in [-0.3, -0.25) is 0 Å². The summed E-state index contributed by atoms with van der Waals surface area (Å²) in [6.45, 7) is 2.77. The lowest BCUT2D eigenvalue weighted by molar-refractivity contribution is -0.209. The van der Waals surface area contributed by atoms with Crippen LogP contribution in [-0.4, -0.2) is 65.1 Å². The van der Waals surface area contributed by atoms with Crippen LogP contribution in [0.2, 0.25) is 0 Å². The summed E-state index contributed by atoms with van der Waals surface area (Å²) in [5.41, 5.74) is 0. The van der Waals surface area contributed by atoms with Crippen LogP contribution in [0.15, 0.2) is 4.99 Å². The minimum atomic E-state index is -1.07. The van der Waals surface area contributed by atoms with E-state index in [2.05, 4.69) is 17.2 Å². The molecule has 2 rings (SSSR count). The number of amidine groups is 1.